The lowest BCUT2D eigenvalue weighted by Crippen LogP contribution is -1.91. The van der Waals surface area contributed by atoms with Gasteiger partial charge in [0.05, 0.1) is 7.85 Å². The zero-order valence-corrected chi connectivity index (χ0v) is 9.96. The first-order valence-electron chi connectivity index (χ1n) is 5.37. The highest BCUT2D eigenvalue weighted by Crippen LogP contribution is 2.15. The average molecular weight is 198 g/mol. The minimum atomic E-state index is 0.582. The van der Waals surface area contributed by atoms with E-state index in [0.29, 0.717) is 6.32 Å². The molecule has 0 fully saturated rings. The summed E-state index contributed by atoms with van der Waals surface area (Å²) in [6, 6.07) is 6.17. The van der Waals surface area contributed by atoms with Crippen molar-refractivity contribution in [3.63, 3.8) is 0 Å². The predicted molar refractivity (Wildman–Crippen MR) is 71.2 cm³/mol. The summed E-state index contributed by atoms with van der Waals surface area (Å²) in [6.45, 7) is 9.73. The van der Waals surface area contributed by atoms with Gasteiger partial charge in [-0.1, -0.05) is 63.2 Å². The second-order valence-electron chi connectivity index (χ2n) is 2.95. The zero-order valence-electron chi connectivity index (χ0n) is 9.96. The Morgan fingerprint density at radius 3 is 2.53 bits per heavy atom. The number of aryl methyl sites for hydroxylation is 1. The molecule has 0 N–H and O–H groups in total. The van der Waals surface area contributed by atoms with Gasteiger partial charge in [0.1, 0.15) is 0 Å². The van der Waals surface area contributed by atoms with E-state index in [9.17, 15) is 0 Å². The van der Waals surface area contributed by atoms with Crippen molar-refractivity contribution in [3.05, 3.63) is 53.6 Å². The van der Waals surface area contributed by atoms with Crippen LogP contribution in [-0.4, -0.2) is 7.85 Å². The van der Waals surface area contributed by atoms with Crippen LogP contribution < -0.4 is 0 Å². The van der Waals surface area contributed by atoms with Crippen LogP contribution in [0, 0.1) is 6.92 Å². The molecule has 0 saturated heterocycles. The summed E-state index contributed by atoms with van der Waals surface area (Å²) >= 11 is 0. The van der Waals surface area contributed by atoms with E-state index in [0.717, 1.165) is 0 Å². The second-order valence-corrected chi connectivity index (χ2v) is 2.95. The molecule has 0 bridgehead atoms. The molecule has 1 heteroatoms. The van der Waals surface area contributed by atoms with Gasteiger partial charge in [-0.2, -0.15) is 0 Å². The summed E-state index contributed by atoms with van der Waals surface area (Å²) in [5.74, 6) is 0. The Balaban J connectivity index is 0.000000921. The zero-order chi connectivity index (χ0) is 11.7. The molecule has 0 aliphatic rings. The van der Waals surface area contributed by atoms with E-state index in [2.05, 4.69) is 25.6 Å². The van der Waals surface area contributed by atoms with Crippen molar-refractivity contribution in [1.29, 1.82) is 0 Å². The van der Waals surface area contributed by atoms with Crippen LogP contribution in [0.2, 0.25) is 0 Å². The molecule has 0 aliphatic carbocycles. The molecule has 0 aromatic heterocycles. The molecular weight excluding hydrogens is 179 g/mol. The Labute approximate surface area is 95.1 Å². The highest BCUT2D eigenvalue weighted by atomic mass is 14.0. The van der Waals surface area contributed by atoms with E-state index < -0.39 is 0 Å². The molecule has 1 aromatic rings. The lowest BCUT2D eigenvalue weighted by atomic mass is 9.90. The summed E-state index contributed by atoms with van der Waals surface area (Å²) in [5, 5.41) is 0. The number of hydrogen-bond acceptors (Lipinski definition) is 0. The maximum absolute atomic E-state index is 5.63. The average Bonchev–Trinajstić information content (AvgIpc) is 2.30. The molecule has 78 valence electrons. The first kappa shape index (κ1) is 13.8. The summed E-state index contributed by atoms with van der Waals surface area (Å²) in [5.41, 5.74) is 3.64. The smallest absolute Gasteiger partial charge is 0.0716 e. The van der Waals surface area contributed by atoms with Gasteiger partial charge in [0.25, 0.3) is 0 Å². The Morgan fingerprint density at radius 2 is 2.00 bits per heavy atom. The summed E-state index contributed by atoms with van der Waals surface area (Å²) in [6.07, 6.45) is 6.33. The highest BCUT2D eigenvalue weighted by Gasteiger charge is 1.98. The summed E-state index contributed by atoms with van der Waals surface area (Å²) in [7, 11) is 5.63. The van der Waals surface area contributed by atoms with Crippen LogP contribution in [0.3, 0.4) is 0 Å². The maximum atomic E-state index is 5.63. The highest BCUT2D eigenvalue weighted by molar-refractivity contribution is 6.08. The predicted octanol–water partition coefficient (Wildman–Crippen LogP) is 3.89. The molecule has 0 amide bonds. The number of rotatable bonds is 3. The minimum absolute atomic E-state index is 0.582. The fourth-order valence-electron chi connectivity index (χ4n) is 1.32. The standard InChI is InChI=1S/C12H13B.C2H6/c1-3-4-8-12-10(2)6-5-7-11(12)9-13;1-2/h3-8H,1,9H2,2H3;1-2H3/b8-4-;. The Morgan fingerprint density at radius 1 is 1.33 bits per heavy atom. The van der Waals surface area contributed by atoms with Crippen molar-refractivity contribution in [2.45, 2.75) is 27.1 Å². The van der Waals surface area contributed by atoms with E-state index in [4.69, 9.17) is 7.85 Å². The molecule has 2 radical (unpaired) electrons. The van der Waals surface area contributed by atoms with Gasteiger partial charge < -0.3 is 0 Å². The van der Waals surface area contributed by atoms with Gasteiger partial charge in [-0.05, 0) is 23.6 Å². The quantitative estimate of drug-likeness (QED) is 0.510. The second kappa shape index (κ2) is 8.10. The maximum Gasteiger partial charge on any atom is 0.0716 e. The Bertz CT molecular complexity index is 324. The van der Waals surface area contributed by atoms with Gasteiger partial charge in [-0.15, -0.1) is 0 Å². The van der Waals surface area contributed by atoms with E-state index in [1.807, 2.05) is 32.1 Å². The van der Waals surface area contributed by atoms with Crippen LogP contribution in [0.25, 0.3) is 6.08 Å². The molecule has 15 heavy (non-hydrogen) atoms. The van der Waals surface area contributed by atoms with Crippen LogP contribution in [0.15, 0.2) is 36.9 Å². The van der Waals surface area contributed by atoms with Crippen molar-refractivity contribution in [3.8, 4) is 0 Å². The summed E-state index contributed by atoms with van der Waals surface area (Å²) < 4.78 is 0. The Hall–Kier alpha value is -1.24. The molecular formula is C14H19B. The summed E-state index contributed by atoms with van der Waals surface area (Å²) in [4.78, 5) is 0. The lowest BCUT2D eigenvalue weighted by molar-refractivity contribution is 1.32. The third-order valence-electron chi connectivity index (χ3n) is 2.03. The monoisotopic (exact) mass is 198 g/mol. The molecule has 0 heterocycles. The number of hydrogen-bond donors (Lipinski definition) is 0. The largest absolute Gasteiger partial charge is 0.0991 e. The van der Waals surface area contributed by atoms with Crippen LogP contribution in [0.1, 0.15) is 30.5 Å². The SMILES string of the molecule is CC.[B]Cc1cccc(C)c1/C=C\C=C. The first-order chi connectivity index (χ1) is 7.29. The molecule has 0 atom stereocenters. The fourth-order valence-corrected chi connectivity index (χ4v) is 1.32. The molecule has 0 aliphatic heterocycles. The van der Waals surface area contributed by atoms with Crippen molar-refractivity contribution >= 4 is 13.9 Å². The van der Waals surface area contributed by atoms with Gasteiger partial charge in [-0.25, -0.2) is 0 Å². The van der Waals surface area contributed by atoms with Crippen LogP contribution >= 0.6 is 0 Å². The van der Waals surface area contributed by atoms with Crippen LogP contribution in [0.5, 0.6) is 0 Å². The molecule has 0 saturated carbocycles. The minimum Gasteiger partial charge on any atom is -0.0991 e. The first-order valence-corrected chi connectivity index (χ1v) is 5.37. The van der Waals surface area contributed by atoms with Crippen molar-refractivity contribution in [2.75, 3.05) is 0 Å². The van der Waals surface area contributed by atoms with Gasteiger partial charge in [0.2, 0.25) is 0 Å². The van der Waals surface area contributed by atoms with Gasteiger partial charge in [0.15, 0.2) is 0 Å². The van der Waals surface area contributed by atoms with E-state index >= 15 is 0 Å². The fraction of sp³-hybridized carbons (Fsp3) is 0.286. The number of benzene rings is 1. The third-order valence-corrected chi connectivity index (χ3v) is 2.03. The molecule has 0 unspecified atom stereocenters. The van der Waals surface area contributed by atoms with Gasteiger partial charge in [-0.3, -0.25) is 0 Å². The van der Waals surface area contributed by atoms with Crippen LogP contribution in [0.4, 0.5) is 0 Å². The molecule has 1 aromatic carbocycles. The van der Waals surface area contributed by atoms with Crippen LogP contribution in [-0.2, 0) is 6.32 Å². The van der Waals surface area contributed by atoms with Gasteiger partial charge in [0, 0.05) is 0 Å². The van der Waals surface area contributed by atoms with Gasteiger partial charge >= 0.3 is 0 Å². The Kier molecular flexibility index (Phi) is 7.44. The van der Waals surface area contributed by atoms with Crippen molar-refractivity contribution < 1.29 is 0 Å². The van der Waals surface area contributed by atoms with E-state index in [1.165, 1.54) is 16.7 Å². The molecule has 0 spiro atoms. The third kappa shape index (κ3) is 4.20. The topological polar surface area (TPSA) is 0 Å². The normalized spacial score (nSPS) is 9.53. The lowest BCUT2D eigenvalue weighted by Gasteiger charge is -2.06. The molecule has 0 nitrogen and oxygen atoms in total. The number of allylic oxidation sites excluding steroid dienone is 2. The van der Waals surface area contributed by atoms with Crippen molar-refractivity contribution in [1.82, 2.24) is 0 Å². The van der Waals surface area contributed by atoms with E-state index in [1.54, 1.807) is 6.08 Å². The van der Waals surface area contributed by atoms with E-state index in [-0.39, 0.29) is 0 Å². The molecule has 1 rings (SSSR count). The van der Waals surface area contributed by atoms with Crippen molar-refractivity contribution in [2.24, 2.45) is 0 Å².